The molecule has 0 bridgehead atoms. The number of carbonyl (C=O) groups is 2. The van der Waals surface area contributed by atoms with Crippen molar-refractivity contribution in [2.75, 3.05) is 0 Å². The van der Waals surface area contributed by atoms with Crippen LogP contribution in [0.5, 0.6) is 0 Å². The first-order valence-electron chi connectivity index (χ1n) is 12.8. The van der Waals surface area contributed by atoms with Gasteiger partial charge in [-0.2, -0.15) is 0 Å². The van der Waals surface area contributed by atoms with E-state index in [1.165, 1.54) is 11.3 Å². The molecule has 8 heteroatoms. The van der Waals surface area contributed by atoms with Gasteiger partial charge in [0, 0.05) is 24.6 Å². The molecule has 1 N–H and O–H groups in total. The summed E-state index contributed by atoms with van der Waals surface area (Å²) in [6, 6.07) is 18.6. The molecule has 0 spiro atoms. The van der Waals surface area contributed by atoms with E-state index in [0.29, 0.717) is 9.84 Å². The van der Waals surface area contributed by atoms with Crippen LogP contribution in [0.4, 0.5) is 0 Å². The molecule has 0 radical (unpaired) electrons. The number of fused-ring (bicyclic) bond motifs is 3. The molecule has 1 amide bonds. The Hall–Kier alpha value is -4.30. The number of para-hydroxylation sites is 2. The van der Waals surface area contributed by atoms with Crippen molar-refractivity contribution in [2.45, 2.75) is 45.7 Å². The average Bonchev–Trinajstić information content (AvgIpc) is 3.53. The molecular formula is C31H28N4O3S. The van der Waals surface area contributed by atoms with Crippen LogP contribution in [0.2, 0.25) is 0 Å². The number of imidazole rings is 1. The Morgan fingerprint density at radius 3 is 2.49 bits per heavy atom. The Labute approximate surface area is 230 Å². The van der Waals surface area contributed by atoms with Crippen molar-refractivity contribution < 1.29 is 14.7 Å². The van der Waals surface area contributed by atoms with E-state index in [-0.39, 0.29) is 23.3 Å². The van der Waals surface area contributed by atoms with Crippen molar-refractivity contribution in [1.82, 2.24) is 19.3 Å². The highest BCUT2D eigenvalue weighted by Gasteiger charge is 2.44. The number of aromatic nitrogens is 3. The maximum atomic E-state index is 14.2. The van der Waals surface area contributed by atoms with Gasteiger partial charge in [-0.15, -0.1) is 0 Å². The summed E-state index contributed by atoms with van der Waals surface area (Å²) in [6.07, 6.45) is 3.36. The second kappa shape index (κ2) is 9.17. The Morgan fingerprint density at radius 2 is 1.79 bits per heavy atom. The number of aliphatic hydroxyl groups is 1. The highest BCUT2D eigenvalue weighted by Crippen LogP contribution is 2.42. The second-order valence-electron chi connectivity index (χ2n) is 10.9. The molecule has 0 saturated heterocycles. The smallest absolute Gasteiger partial charge is 0.290 e. The lowest BCUT2D eigenvalue weighted by atomic mass is 9.85. The number of amides is 1. The van der Waals surface area contributed by atoms with Crippen molar-refractivity contribution in [2.24, 2.45) is 0 Å². The van der Waals surface area contributed by atoms with E-state index < -0.39 is 17.7 Å². The molecule has 2 aromatic carbocycles. The molecule has 39 heavy (non-hydrogen) atoms. The standard InChI is InChI=1S/C31H28N4O3S/c1-18-28(39-30-33-22-9-5-6-10-23(22)35(18)30)26(36)24-25(20-11-13-21(14-12-20)31(2,3)4)34(29(38)27(24)37)17-19-8-7-15-32-16-19/h5-16,25,37H,17H2,1-4H3. The first kappa shape index (κ1) is 25.0. The molecule has 1 aliphatic heterocycles. The molecule has 0 saturated carbocycles. The molecule has 7 nitrogen and oxygen atoms in total. The van der Waals surface area contributed by atoms with Gasteiger partial charge in [0.25, 0.3) is 5.91 Å². The van der Waals surface area contributed by atoms with Crippen molar-refractivity contribution >= 4 is 39.0 Å². The van der Waals surface area contributed by atoms with Crippen LogP contribution < -0.4 is 0 Å². The van der Waals surface area contributed by atoms with E-state index in [0.717, 1.165) is 33.4 Å². The van der Waals surface area contributed by atoms with Gasteiger partial charge < -0.3 is 10.0 Å². The van der Waals surface area contributed by atoms with E-state index in [1.807, 2.05) is 65.9 Å². The minimum Gasteiger partial charge on any atom is -0.503 e. The van der Waals surface area contributed by atoms with E-state index in [4.69, 9.17) is 0 Å². The first-order valence-corrected chi connectivity index (χ1v) is 13.6. The number of thiazole rings is 1. The predicted octanol–water partition coefficient (Wildman–Crippen LogP) is 6.33. The van der Waals surface area contributed by atoms with Gasteiger partial charge in [-0.25, -0.2) is 4.98 Å². The third-order valence-electron chi connectivity index (χ3n) is 7.31. The van der Waals surface area contributed by atoms with Crippen LogP contribution in [0.1, 0.15) is 58.9 Å². The number of carbonyl (C=O) groups excluding carboxylic acids is 2. The Kier molecular flexibility index (Phi) is 5.88. The fraction of sp³-hybridized carbons (Fsp3) is 0.226. The number of hydrogen-bond acceptors (Lipinski definition) is 6. The fourth-order valence-electron chi connectivity index (χ4n) is 5.25. The lowest BCUT2D eigenvalue weighted by Crippen LogP contribution is -2.30. The highest BCUT2D eigenvalue weighted by molar-refractivity contribution is 7.19. The van der Waals surface area contributed by atoms with Crippen molar-refractivity contribution in [3.05, 3.63) is 112 Å². The summed E-state index contributed by atoms with van der Waals surface area (Å²) >= 11 is 1.27. The lowest BCUT2D eigenvalue weighted by molar-refractivity contribution is -0.130. The summed E-state index contributed by atoms with van der Waals surface area (Å²) in [5.74, 6) is -1.45. The zero-order valence-electron chi connectivity index (χ0n) is 22.2. The van der Waals surface area contributed by atoms with E-state index in [9.17, 15) is 14.7 Å². The van der Waals surface area contributed by atoms with Gasteiger partial charge in [0.2, 0.25) is 5.78 Å². The SMILES string of the molecule is Cc1c(C(=O)C2=C(O)C(=O)N(Cc3cccnc3)C2c2ccc(C(C)(C)C)cc2)sc2nc3ccccc3n12. The summed E-state index contributed by atoms with van der Waals surface area (Å²) in [5.41, 5.74) is 5.23. The number of pyridine rings is 1. The van der Waals surface area contributed by atoms with Crippen LogP contribution in [0.15, 0.2) is 84.4 Å². The van der Waals surface area contributed by atoms with Crippen LogP contribution in [0, 0.1) is 6.92 Å². The molecule has 3 aromatic heterocycles. The van der Waals surface area contributed by atoms with Crippen molar-refractivity contribution in [3.63, 3.8) is 0 Å². The number of Topliss-reactive ketones (excluding diaryl/α,β-unsaturated/α-hetero) is 1. The van der Waals surface area contributed by atoms with Gasteiger partial charge in [0.1, 0.15) is 0 Å². The minimum absolute atomic E-state index is 0.0539. The quantitative estimate of drug-likeness (QED) is 0.265. The van der Waals surface area contributed by atoms with Crippen molar-refractivity contribution in [3.8, 4) is 0 Å². The topological polar surface area (TPSA) is 87.8 Å². The Balaban J connectivity index is 1.47. The van der Waals surface area contributed by atoms with Gasteiger partial charge in [-0.05, 0) is 47.2 Å². The molecule has 6 rings (SSSR count). The van der Waals surface area contributed by atoms with Crippen LogP contribution in [-0.4, -0.2) is 36.1 Å². The van der Waals surface area contributed by atoms with Crippen LogP contribution in [-0.2, 0) is 16.8 Å². The Morgan fingerprint density at radius 1 is 1.05 bits per heavy atom. The minimum atomic E-state index is -0.746. The summed E-state index contributed by atoms with van der Waals surface area (Å²) in [5, 5.41) is 11.2. The maximum absolute atomic E-state index is 14.2. The van der Waals surface area contributed by atoms with Crippen LogP contribution >= 0.6 is 11.3 Å². The predicted molar refractivity (Wildman–Crippen MR) is 152 cm³/mol. The third kappa shape index (κ3) is 4.12. The molecule has 196 valence electrons. The number of aryl methyl sites for hydroxylation is 1. The van der Waals surface area contributed by atoms with E-state index in [1.54, 1.807) is 23.4 Å². The van der Waals surface area contributed by atoms with E-state index >= 15 is 0 Å². The highest BCUT2D eigenvalue weighted by atomic mass is 32.1. The molecule has 1 aliphatic rings. The Bertz CT molecular complexity index is 1780. The van der Waals surface area contributed by atoms with Gasteiger partial charge in [-0.3, -0.25) is 19.0 Å². The number of rotatable bonds is 5. The summed E-state index contributed by atoms with van der Waals surface area (Å²) < 4.78 is 1.96. The summed E-state index contributed by atoms with van der Waals surface area (Å²) in [7, 11) is 0. The lowest BCUT2D eigenvalue weighted by Gasteiger charge is -2.27. The van der Waals surface area contributed by atoms with Gasteiger partial charge in [0.15, 0.2) is 10.7 Å². The third-order valence-corrected chi connectivity index (χ3v) is 8.45. The number of hydrogen-bond donors (Lipinski definition) is 1. The number of aliphatic hydroxyl groups excluding tert-OH is 1. The molecule has 1 atom stereocenters. The molecule has 0 fully saturated rings. The number of nitrogens with zero attached hydrogens (tertiary/aromatic N) is 4. The normalized spacial score (nSPS) is 16.2. The van der Waals surface area contributed by atoms with E-state index in [2.05, 4.69) is 30.7 Å². The molecule has 5 aromatic rings. The van der Waals surface area contributed by atoms with Crippen LogP contribution in [0.3, 0.4) is 0 Å². The summed E-state index contributed by atoms with van der Waals surface area (Å²) in [6.45, 7) is 8.48. The molecule has 0 aliphatic carbocycles. The van der Waals surface area contributed by atoms with Gasteiger partial charge in [-0.1, -0.05) is 74.6 Å². The summed E-state index contributed by atoms with van der Waals surface area (Å²) in [4.78, 5) is 39.2. The maximum Gasteiger partial charge on any atom is 0.290 e. The molecular weight excluding hydrogens is 508 g/mol. The van der Waals surface area contributed by atoms with Gasteiger partial charge >= 0.3 is 0 Å². The first-order chi connectivity index (χ1) is 18.6. The van der Waals surface area contributed by atoms with Crippen molar-refractivity contribution in [1.29, 1.82) is 0 Å². The monoisotopic (exact) mass is 536 g/mol. The zero-order chi connectivity index (χ0) is 27.5. The number of benzene rings is 2. The molecule has 4 heterocycles. The zero-order valence-corrected chi connectivity index (χ0v) is 23.0. The molecule has 1 unspecified atom stereocenters. The largest absolute Gasteiger partial charge is 0.503 e. The average molecular weight is 537 g/mol. The van der Waals surface area contributed by atoms with Gasteiger partial charge in [0.05, 0.1) is 27.5 Å². The second-order valence-corrected chi connectivity index (χ2v) is 11.9. The van der Waals surface area contributed by atoms with Crippen LogP contribution in [0.25, 0.3) is 16.0 Å². The fourth-order valence-corrected chi connectivity index (χ4v) is 6.34. The number of ketones is 1.